The van der Waals surface area contributed by atoms with Crippen molar-refractivity contribution in [3.63, 3.8) is 0 Å². The molecule has 132 valence electrons. The van der Waals surface area contributed by atoms with Crippen LogP contribution in [0.5, 0.6) is 0 Å². The molecule has 0 saturated carbocycles. The van der Waals surface area contributed by atoms with Gasteiger partial charge in [-0.15, -0.1) is 11.3 Å². The summed E-state index contributed by atoms with van der Waals surface area (Å²) in [6.45, 7) is 0.668. The van der Waals surface area contributed by atoms with Gasteiger partial charge in [0.1, 0.15) is 0 Å². The molecule has 4 nitrogen and oxygen atoms in total. The third kappa shape index (κ3) is 3.00. The van der Waals surface area contributed by atoms with Crippen molar-refractivity contribution in [2.24, 2.45) is 5.73 Å². The fourth-order valence-corrected chi connectivity index (χ4v) is 4.49. The van der Waals surface area contributed by atoms with Gasteiger partial charge in [0.05, 0.1) is 16.1 Å². The fraction of sp³-hybridized carbons (Fsp3) is 0.190. The zero-order valence-corrected chi connectivity index (χ0v) is 15.1. The van der Waals surface area contributed by atoms with E-state index in [4.69, 9.17) is 5.73 Å². The lowest BCUT2D eigenvalue weighted by Crippen LogP contribution is -1.99. The van der Waals surface area contributed by atoms with E-state index in [2.05, 4.69) is 29.2 Å². The standard InChI is InChI=1S/C21H20N2O2S/c22-10-4-3-6-15-16-11-14(21(24)25)8-9-17(16)23-20(15)19-12-13-5-1-2-7-18(13)26-19/h1-2,5,7-9,11-12,23H,3-4,6,10,22H2,(H,24,25). The average Bonchev–Trinajstić information content (AvgIpc) is 3.22. The summed E-state index contributed by atoms with van der Waals surface area (Å²) >= 11 is 1.76. The van der Waals surface area contributed by atoms with Gasteiger partial charge in [0.2, 0.25) is 0 Å². The number of aromatic amines is 1. The van der Waals surface area contributed by atoms with Crippen LogP contribution in [0, 0.1) is 0 Å². The second-order valence-corrected chi connectivity index (χ2v) is 7.52. The van der Waals surface area contributed by atoms with Crippen LogP contribution in [0.1, 0.15) is 28.8 Å². The molecule has 0 bridgehead atoms. The van der Waals surface area contributed by atoms with Crippen LogP contribution in [-0.2, 0) is 6.42 Å². The van der Waals surface area contributed by atoms with Crippen LogP contribution in [0.4, 0.5) is 0 Å². The molecule has 26 heavy (non-hydrogen) atoms. The highest BCUT2D eigenvalue weighted by molar-refractivity contribution is 7.22. The van der Waals surface area contributed by atoms with E-state index in [1.54, 1.807) is 23.5 Å². The van der Waals surface area contributed by atoms with Crippen molar-refractivity contribution in [1.29, 1.82) is 0 Å². The Morgan fingerprint density at radius 1 is 1.12 bits per heavy atom. The Bertz CT molecular complexity index is 1060. The SMILES string of the molecule is NCCCCc1c(-c2cc3ccccc3s2)[nH]c2ccc(C(=O)O)cc12. The highest BCUT2D eigenvalue weighted by atomic mass is 32.1. The summed E-state index contributed by atoms with van der Waals surface area (Å²) in [5.74, 6) is -0.899. The zero-order valence-electron chi connectivity index (χ0n) is 14.3. The topological polar surface area (TPSA) is 79.1 Å². The van der Waals surface area contributed by atoms with Gasteiger partial charge in [-0.25, -0.2) is 4.79 Å². The van der Waals surface area contributed by atoms with Crippen molar-refractivity contribution < 1.29 is 9.90 Å². The number of aromatic carboxylic acids is 1. The molecule has 0 aliphatic rings. The maximum atomic E-state index is 11.4. The highest BCUT2D eigenvalue weighted by Gasteiger charge is 2.16. The highest BCUT2D eigenvalue weighted by Crippen LogP contribution is 2.38. The molecule has 0 aliphatic heterocycles. The predicted molar refractivity (Wildman–Crippen MR) is 108 cm³/mol. The first-order valence-corrected chi connectivity index (χ1v) is 9.56. The molecule has 2 heterocycles. The largest absolute Gasteiger partial charge is 0.478 e. The quantitative estimate of drug-likeness (QED) is 0.420. The first-order valence-electron chi connectivity index (χ1n) is 8.74. The number of carboxylic acid groups (broad SMARTS) is 1. The summed E-state index contributed by atoms with van der Waals surface area (Å²) in [5.41, 5.74) is 9.24. The molecule has 2 aromatic carbocycles. The van der Waals surface area contributed by atoms with E-state index in [-0.39, 0.29) is 0 Å². The number of H-pyrrole nitrogens is 1. The molecule has 0 radical (unpaired) electrons. The van der Waals surface area contributed by atoms with Crippen molar-refractivity contribution in [2.75, 3.05) is 6.54 Å². The van der Waals surface area contributed by atoms with Gasteiger partial charge in [-0.3, -0.25) is 0 Å². The maximum absolute atomic E-state index is 11.4. The van der Waals surface area contributed by atoms with Crippen molar-refractivity contribution in [2.45, 2.75) is 19.3 Å². The second-order valence-electron chi connectivity index (χ2n) is 6.44. The van der Waals surface area contributed by atoms with Gasteiger partial charge in [0, 0.05) is 15.6 Å². The Morgan fingerprint density at radius 3 is 2.73 bits per heavy atom. The third-order valence-corrected chi connectivity index (χ3v) is 5.84. The lowest BCUT2D eigenvalue weighted by molar-refractivity contribution is 0.0697. The smallest absolute Gasteiger partial charge is 0.335 e. The molecule has 0 amide bonds. The summed E-state index contributed by atoms with van der Waals surface area (Å²) in [5, 5.41) is 11.6. The molecular weight excluding hydrogens is 344 g/mol. The van der Waals surface area contributed by atoms with E-state index in [1.807, 2.05) is 12.1 Å². The second kappa shape index (κ2) is 6.94. The molecule has 4 rings (SSSR count). The normalized spacial score (nSPS) is 11.4. The summed E-state index contributed by atoms with van der Waals surface area (Å²) < 4.78 is 1.25. The first-order chi connectivity index (χ1) is 12.7. The van der Waals surface area contributed by atoms with Crippen LogP contribution >= 0.6 is 11.3 Å². The first kappa shape index (κ1) is 16.8. The number of carboxylic acids is 1. The number of unbranched alkanes of at least 4 members (excludes halogenated alkanes) is 1. The summed E-state index contributed by atoms with van der Waals surface area (Å²) in [4.78, 5) is 16.1. The Labute approximate surface area is 155 Å². The van der Waals surface area contributed by atoms with Gasteiger partial charge in [-0.05, 0) is 67.1 Å². The van der Waals surface area contributed by atoms with Gasteiger partial charge in [-0.1, -0.05) is 18.2 Å². The molecule has 4 N–H and O–H groups in total. The Balaban J connectivity index is 1.88. The molecular formula is C21H20N2O2S. The van der Waals surface area contributed by atoms with Crippen LogP contribution in [0.15, 0.2) is 48.5 Å². The van der Waals surface area contributed by atoms with Gasteiger partial charge in [-0.2, -0.15) is 0 Å². The number of nitrogens with one attached hydrogen (secondary N) is 1. The molecule has 0 atom stereocenters. The summed E-state index contributed by atoms with van der Waals surface area (Å²) in [6.07, 6.45) is 2.82. The Kier molecular flexibility index (Phi) is 4.49. The third-order valence-electron chi connectivity index (χ3n) is 4.71. The number of fused-ring (bicyclic) bond motifs is 2. The Morgan fingerprint density at radius 2 is 1.96 bits per heavy atom. The fourth-order valence-electron chi connectivity index (χ4n) is 3.40. The number of hydrogen-bond donors (Lipinski definition) is 3. The van der Waals surface area contributed by atoms with Gasteiger partial charge in [0.25, 0.3) is 0 Å². The van der Waals surface area contributed by atoms with Gasteiger partial charge in [0.15, 0.2) is 0 Å². The van der Waals surface area contributed by atoms with Crippen molar-refractivity contribution in [3.05, 3.63) is 59.7 Å². The van der Waals surface area contributed by atoms with Crippen LogP contribution in [0.25, 0.3) is 31.6 Å². The van der Waals surface area contributed by atoms with Crippen molar-refractivity contribution >= 4 is 38.3 Å². The minimum Gasteiger partial charge on any atom is -0.478 e. The minimum absolute atomic E-state index is 0.319. The lowest BCUT2D eigenvalue weighted by atomic mass is 10.0. The van der Waals surface area contributed by atoms with E-state index < -0.39 is 5.97 Å². The molecule has 0 saturated heterocycles. The van der Waals surface area contributed by atoms with Gasteiger partial charge < -0.3 is 15.8 Å². The number of hydrogen-bond acceptors (Lipinski definition) is 3. The Hall–Kier alpha value is -2.63. The summed E-state index contributed by atoms with van der Waals surface area (Å²) in [6, 6.07) is 15.8. The molecule has 5 heteroatoms. The van der Waals surface area contributed by atoms with Crippen LogP contribution in [0.2, 0.25) is 0 Å². The van der Waals surface area contributed by atoms with Crippen molar-refractivity contribution in [3.8, 4) is 10.6 Å². The van der Waals surface area contributed by atoms with Crippen molar-refractivity contribution in [1.82, 2.24) is 4.98 Å². The minimum atomic E-state index is -0.899. The van der Waals surface area contributed by atoms with Crippen LogP contribution in [-0.4, -0.2) is 22.6 Å². The number of aromatic nitrogens is 1. The maximum Gasteiger partial charge on any atom is 0.335 e. The van der Waals surface area contributed by atoms with E-state index in [9.17, 15) is 9.90 Å². The zero-order chi connectivity index (χ0) is 18.1. The molecule has 0 fully saturated rings. The molecule has 0 aliphatic carbocycles. The molecule has 2 aromatic heterocycles. The number of carbonyl (C=O) groups is 1. The predicted octanol–water partition coefficient (Wildman–Crippen LogP) is 5.03. The molecule has 0 spiro atoms. The van der Waals surface area contributed by atoms with E-state index in [0.717, 1.165) is 35.9 Å². The van der Waals surface area contributed by atoms with Crippen LogP contribution < -0.4 is 5.73 Å². The average molecular weight is 364 g/mol. The number of thiophene rings is 1. The van der Waals surface area contributed by atoms with E-state index in [1.165, 1.54) is 20.5 Å². The van der Waals surface area contributed by atoms with E-state index in [0.29, 0.717) is 12.1 Å². The summed E-state index contributed by atoms with van der Waals surface area (Å²) in [7, 11) is 0. The van der Waals surface area contributed by atoms with Crippen LogP contribution in [0.3, 0.4) is 0 Å². The molecule has 0 unspecified atom stereocenters. The number of aryl methyl sites for hydroxylation is 1. The number of rotatable bonds is 6. The number of nitrogens with two attached hydrogens (primary N) is 1. The van der Waals surface area contributed by atoms with Gasteiger partial charge >= 0.3 is 5.97 Å². The molecule has 4 aromatic rings. The lowest BCUT2D eigenvalue weighted by Gasteiger charge is -2.03. The number of benzene rings is 2. The monoisotopic (exact) mass is 364 g/mol. The van der Waals surface area contributed by atoms with E-state index >= 15 is 0 Å².